The Morgan fingerprint density at radius 2 is 1.89 bits per heavy atom. The van der Waals surface area contributed by atoms with Crippen LogP contribution in [0.15, 0.2) is 67.1 Å². The normalized spacial score (nSPS) is 17.4. The molecular weight excluding hydrogens is 558 g/mol. The first-order chi connectivity index (χ1) is 21.5. The molecule has 2 fully saturated rings. The molecule has 5 aromatic rings. The monoisotopic (exact) mass is 587 g/mol. The van der Waals surface area contributed by atoms with Gasteiger partial charge in [-0.15, -0.1) is 10.2 Å². The summed E-state index contributed by atoms with van der Waals surface area (Å²) in [6.45, 7) is 1.90. The van der Waals surface area contributed by atoms with Crippen LogP contribution in [-0.4, -0.2) is 77.5 Å². The van der Waals surface area contributed by atoms with Crippen molar-refractivity contribution >= 4 is 28.9 Å². The predicted octanol–water partition coefficient (Wildman–Crippen LogP) is 2.29. The van der Waals surface area contributed by atoms with Crippen LogP contribution in [0, 0.1) is 11.8 Å². The third-order valence-corrected chi connectivity index (χ3v) is 7.91. The Hall–Kier alpha value is -5.77. The standard InChI is InChI=1S/C31H29N11O2/c32-30-25(16-23(37-38-30)22-6-1-2-7-26(22)43)42-20-9-10-21(42)19-40(18-20)28-11-14-33-27(36-28)8-3-4-12-35-31(44)24-17-29-34-13-5-15-41(29)39-24/h1-2,5-7,11,13-17,20-21,43H,4,9-10,12,18-19H2,(H2,32,38)(H,35,44). The molecule has 13 heteroatoms. The molecular formula is C31H29N11O2. The number of nitrogens with zero attached hydrogens (tertiary/aromatic N) is 9. The lowest BCUT2D eigenvalue weighted by atomic mass is 10.1. The maximum absolute atomic E-state index is 12.4. The van der Waals surface area contributed by atoms with Crippen molar-refractivity contribution in [2.75, 3.05) is 35.2 Å². The molecule has 2 atom stereocenters. The summed E-state index contributed by atoms with van der Waals surface area (Å²) in [5.41, 5.74) is 9.29. The van der Waals surface area contributed by atoms with E-state index < -0.39 is 0 Å². The highest BCUT2D eigenvalue weighted by Crippen LogP contribution is 2.40. The highest BCUT2D eigenvalue weighted by atomic mass is 16.3. The number of amides is 1. The number of carbonyl (C=O) groups is 1. The summed E-state index contributed by atoms with van der Waals surface area (Å²) in [5, 5.41) is 25.9. The van der Waals surface area contributed by atoms with Crippen LogP contribution in [0.25, 0.3) is 16.9 Å². The summed E-state index contributed by atoms with van der Waals surface area (Å²) >= 11 is 0. The van der Waals surface area contributed by atoms with Crippen LogP contribution >= 0.6 is 0 Å². The number of phenols is 1. The highest BCUT2D eigenvalue weighted by Gasteiger charge is 2.41. The van der Waals surface area contributed by atoms with Crippen molar-refractivity contribution in [1.82, 2.24) is 40.1 Å². The van der Waals surface area contributed by atoms with Crippen molar-refractivity contribution in [2.45, 2.75) is 31.3 Å². The number of hydrogen-bond donors (Lipinski definition) is 3. The van der Waals surface area contributed by atoms with Gasteiger partial charge in [0.05, 0.1) is 11.4 Å². The summed E-state index contributed by atoms with van der Waals surface area (Å²) in [5.74, 6) is 7.59. The molecule has 4 aromatic heterocycles. The number of phenolic OH excluding ortho intramolecular Hbond substituents is 1. The molecule has 4 N–H and O–H groups in total. The average molecular weight is 588 g/mol. The average Bonchev–Trinajstić information content (AvgIpc) is 3.59. The molecule has 1 aromatic carbocycles. The van der Waals surface area contributed by atoms with Crippen molar-refractivity contribution in [3.63, 3.8) is 0 Å². The van der Waals surface area contributed by atoms with Crippen LogP contribution in [-0.2, 0) is 0 Å². The van der Waals surface area contributed by atoms with Crippen molar-refractivity contribution in [3.05, 3.63) is 78.6 Å². The number of rotatable bonds is 6. The lowest BCUT2D eigenvalue weighted by Gasteiger charge is -2.43. The van der Waals surface area contributed by atoms with Gasteiger partial charge < -0.3 is 26.0 Å². The van der Waals surface area contributed by atoms with Gasteiger partial charge in [0, 0.05) is 68.4 Å². The van der Waals surface area contributed by atoms with Crippen LogP contribution in [0.1, 0.15) is 35.6 Å². The van der Waals surface area contributed by atoms with E-state index in [0.717, 1.165) is 37.4 Å². The maximum atomic E-state index is 12.4. The molecule has 7 rings (SSSR count). The van der Waals surface area contributed by atoms with E-state index in [1.807, 2.05) is 24.3 Å². The molecule has 2 saturated heterocycles. The Kier molecular flexibility index (Phi) is 7.07. The first-order valence-corrected chi connectivity index (χ1v) is 14.4. The number of aromatic nitrogens is 7. The molecule has 6 heterocycles. The van der Waals surface area contributed by atoms with Crippen LogP contribution in [0.2, 0.25) is 0 Å². The van der Waals surface area contributed by atoms with Gasteiger partial charge in [-0.2, -0.15) is 5.10 Å². The Balaban J connectivity index is 0.990. The van der Waals surface area contributed by atoms with Crippen molar-refractivity contribution in [3.8, 4) is 28.8 Å². The fourth-order valence-electron chi connectivity index (χ4n) is 5.90. The number of para-hydroxylation sites is 1. The van der Waals surface area contributed by atoms with Crippen LogP contribution < -0.4 is 20.9 Å². The number of hydrogen-bond acceptors (Lipinski definition) is 11. The summed E-state index contributed by atoms with van der Waals surface area (Å²) in [6, 6.07) is 14.7. The second kappa shape index (κ2) is 11.5. The quantitative estimate of drug-likeness (QED) is 0.197. The van der Waals surface area contributed by atoms with Gasteiger partial charge in [-0.05, 0) is 49.1 Å². The topological polar surface area (TPSA) is 164 Å². The van der Waals surface area contributed by atoms with E-state index in [-0.39, 0.29) is 23.7 Å². The van der Waals surface area contributed by atoms with Gasteiger partial charge in [-0.3, -0.25) is 4.79 Å². The van der Waals surface area contributed by atoms with E-state index in [1.54, 1.807) is 47.4 Å². The minimum absolute atomic E-state index is 0.152. The number of fused-ring (bicyclic) bond motifs is 3. The number of piperazine rings is 1. The third kappa shape index (κ3) is 5.29. The summed E-state index contributed by atoms with van der Waals surface area (Å²) in [7, 11) is 0. The molecule has 1 amide bonds. The summed E-state index contributed by atoms with van der Waals surface area (Å²) in [4.78, 5) is 30.3. The fraction of sp³-hybridized carbons (Fsp3) is 0.258. The van der Waals surface area contributed by atoms with Gasteiger partial charge in [0.15, 0.2) is 17.2 Å². The molecule has 2 aliphatic rings. The van der Waals surface area contributed by atoms with E-state index >= 15 is 0 Å². The second-order valence-corrected chi connectivity index (χ2v) is 10.7. The number of nitrogen functional groups attached to an aromatic ring is 1. The third-order valence-electron chi connectivity index (χ3n) is 7.91. The van der Waals surface area contributed by atoms with Gasteiger partial charge >= 0.3 is 0 Å². The van der Waals surface area contributed by atoms with Gasteiger partial charge in [0.2, 0.25) is 5.82 Å². The highest BCUT2D eigenvalue weighted by molar-refractivity contribution is 5.93. The minimum atomic E-state index is -0.275. The number of nitrogens with one attached hydrogen (secondary N) is 1. The van der Waals surface area contributed by atoms with Gasteiger partial charge in [-0.1, -0.05) is 18.1 Å². The maximum Gasteiger partial charge on any atom is 0.271 e. The van der Waals surface area contributed by atoms with E-state index in [0.29, 0.717) is 47.2 Å². The van der Waals surface area contributed by atoms with Gasteiger partial charge in [0.1, 0.15) is 11.6 Å². The SMILES string of the molecule is Nc1nnc(-c2ccccc2O)cc1N1C2CCC1CN(c1ccnc(C#CCCNC(=O)c3cc4ncccn4n3)n1)C2. The molecule has 0 aliphatic carbocycles. The molecule has 220 valence electrons. The molecule has 2 bridgehead atoms. The molecule has 0 spiro atoms. The van der Waals surface area contributed by atoms with Crippen LogP contribution in [0.4, 0.5) is 17.3 Å². The molecule has 44 heavy (non-hydrogen) atoms. The molecule has 13 nitrogen and oxygen atoms in total. The molecule has 2 aliphatic heterocycles. The lowest BCUT2D eigenvalue weighted by molar-refractivity contribution is 0.0949. The van der Waals surface area contributed by atoms with E-state index in [2.05, 4.69) is 52.2 Å². The Morgan fingerprint density at radius 3 is 2.70 bits per heavy atom. The van der Waals surface area contributed by atoms with E-state index in [4.69, 9.17) is 10.7 Å². The zero-order chi connectivity index (χ0) is 30.0. The molecule has 0 radical (unpaired) electrons. The van der Waals surface area contributed by atoms with E-state index in [1.165, 1.54) is 0 Å². The predicted molar refractivity (Wildman–Crippen MR) is 164 cm³/mol. The van der Waals surface area contributed by atoms with Crippen molar-refractivity contribution in [2.24, 2.45) is 0 Å². The Bertz CT molecular complexity index is 1870. The van der Waals surface area contributed by atoms with Gasteiger partial charge in [-0.25, -0.2) is 19.5 Å². The lowest BCUT2D eigenvalue weighted by Crippen LogP contribution is -2.54. The number of carbonyl (C=O) groups excluding carboxylic acids is 1. The van der Waals surface area contributed by atoms with Crippen molar-refractivity contribution in [1.29, 1.82) is 0 Å². The Morgan fingerprint density at radius 1 is 1.05 bits per heavy atom. The largest absolute Gasteiger partial charge is 0.507 e. The minimum Gasteiger partial charge on any atom is -0.507 e. The number of anilines is 3. The number of benzene rings is 1. The van der Waals surface area contributed by atoms with Gasteiger partial charge in [0.25, 0.3) is 5.91 Å². The van der Waals surface area contributed by atoms with Crippen LogP contribution in [0.3, 0.4) is 0 Å². The number of nitrogens with two attached hydrogens (primary N) is 1. The Labute approximate surface area is 252 Å². The van der Waals surface area contributed by atoms with E-state index in [9.17, 15) is 9.90 Å². The fourth-order valence-corrected chi connectivity index (χ4v) is 5.90. The summed E-state index contributed by atoms with van der Waals surface area (Å²) < 4.78 is 1.56. The zero-order valence-electron chi connectivity index (χ0n) is 23.7. The molecule has 2 unspecified atom stereocenters. The smallest absolute Gasteiger partial charge is 0.271 e. The van der Waals surface area contributed by atoms with Crippen LogP contribution in [0.5, 0.6) is 5.75 Å². The van der Waals surface area contributed by atoms with Crippen molar-refractivity contribution < 1.29 is 9.90 Å². The number of aromatic hydroxyl groups is 1. The second-order valence-electron chi connectivity index (χ2n) is 10.7. The first kappa shape index (κ1) is 27.1. The zero-order valence-corrected chi connectivity index (χ0v) is 23.7. The summed E-state index contributed by atoms with van der Waals surface area (Å²) in [6.07, 6.45) is 7.60. The first-order valence-electron chi connectivity index (χ1n) is 14.4. The molecule has 0 saturated carbocycles.